The SMILES string of the molecule is CCCOc1ccc(CNCCN2CCNCC2)cc1OCC. The zero-order valence-corrected chi connectivity index (χ0v) is 14.6. The summed E-state index contributed by atoms with van der Waals surface area (Å²) in [6.45, 7) is 13.0. The molecule has 0 bridgehead atoms. The monoisotopic (exact) mass is 321 g/mol. The van der Waals surface area contributed by atoms with Gasteiger partial charge >= 0.3 is 0 Å². The Hall–Kier alpha value is -1.30. The molecule has 130 valence electrons. The lowest BCUT2D eigenvalue weighted by Gasteiger charge is -2.27. The van der Waals surface area contributed by atoms with Crippen molar-refractivity contribution in [3.05, 3.63) is 23.8 Å². The maximum Gasteiger partial charge on any atom is 0.161 e. The van der Waals surface area contributed by atoms with E-state index in [1.165, 1.54) is 5.56 Å². The van der Waals surface area contributed by atoms with Crippen molar-refractivity contribution in [1.82, 2.24) is 15.5 Å². The Balaban J connectivity index is 1.78. The van der Waals surface area contributed by atoms with Crippen molar-refractivity contribution >= 4 is 0 Å². The predicted molar refractivity (Wildman–Crippen MR) is 94.4 cm³/mol. The summed E-state index contributed by atoms with van der Waals surface area (Å²) in [5, 5.41) is 6.90. The van der Waals surface area contributed by atoms with Gasteiger partial charge in [0.2, 0.25) is 0 Å². The van der Waals surface area contributed by atoms with Crippen LogP contribution in [0.25, 0.3) is 0 Å². The minimum absolute atomic E-state index is 0.655. The Morgan fingerprint density at radius 2 is 1.96 bits per heavy atom. The Morgan fingerprint density at radius 1 is 1.13 bits per heavy atom. The number of rotatable bonds is 10. The second kappa shape index (κ2) is 10.5. The smallest absolute Gasteiger partial charge is 0.161 e. The summed E-state index contributed by atoms with van der Waals surface area (Å²) in [5.74, 6) is 1.70. The largest absolute Gasteiger partial charge is 0.490 e. The number of hydrogen-bond donors (Lipinski definition) is 2. The fraction of sp³-hybridized carbons (Fsp3) is 0.667. The zero-order valence-electron chi connectivity index (χ0n) is 14.6. The van der Waals surface area contributed by atoms with E-state index < -0.39 is 0 Å². The minimum Gasteiger partial charge on any atom is -0.490 e. The summed E-state index contributed by atoms with van der Waals surface area (Å²) >= 11 is 0. The van der Waals surface area contributed by atoms with E-state index >= 15 is 0 Å². The first kappa shape index (κ1) is 18.0. The van der Waals surface area contributed by atoms with Crippen LogP contribution in [0.2, 0.25) is 0 Å². The van der Waals surface area contributed by atoms with Crippen LogP contribution in [0.1, 0.15) is 25.8 Å². The molecular weight excluding hydrogens is 290 g/mol. The molecule has 0 spiro atoms. The maximum atomic E-state index is 5.74. The number of nitrogens with one attached hydrogen (secondary N) is 2. The molecule has 5 heteroatoms. The number of hydrogen-bond acceptors (Lipinski definition) is 5. The van der Waals surface area contributed by atoms with E-state index in [9.17, 15) is 0 Å². The predicted octanol–water partition coefficient (Wildman–Crippen LogP) is 1.87. The Labute approximate surface area is 140 Å². The highest BCUT2D eigenvalue weighted by Gasteiger charge is 2.09. The lowest BCUT2D eigenvalue weighted by atomic mass is 10.2. The standard InChI is InChI=1S/C18H31N3O2/c1-3-13-23-17-6-5-16(14-18(17)22-4-2)15-20-9-12-21-10-7-19-8-11-21/h5-6,14,19-20H,3-4,7-13,15H2,1-2H3. The van der Waals surface area contributed by atoms with Crippen LogP contribution in [0.4, 0.5) is 0 Å². The molecule has 5 nitrogen and oxygen atoms in total. The van der Waals surface area contributed by atoms with E-state index in [4.69, 9.17) is 9.47 Å². The number of benzene rings is 1. The third kappa shape index (κ3) is 6.37. The molecule has 1 aliphatic heterocycles. The molecule has 0 aliphatic carbocycles. The van der Waals surface area contributed by atoms with Crippen LogP contribution < -0.4 is 20.1 Å². The fourth-order valence-electron chi connectivity index (χ4n) is 2.67. The van der Waals surface area contributed by atoms with E-state index in [1.807, 2.05) is 13.0 Å². The Bertz CT molecular complexity index is 448. The van der Waals surface area contributed by atoms with Crippen molar-refractivity contribution in [2.75, 3.05) is 52.5 Å². The topological polar surface area (TPSA) is 45.8 Å². The van der Waals surface area contributed by atoms with E-state index in [0.717, 1.165) is 70.3 Å². The van der Waals surface area contributed by atoms with Crippen LogP contribution in [0, 0.1) is 0 Å². The second-order valence-corrected chi connectivity index (χ2v) is 5.83. The summed E-state index contributed by atoms with van der Waals surface area (Å²) < 4.78 is 11.4. The molecule has 0 atom stereocenters. The second-order valence-electron chi connectivity index (χ2n) is 5.83. The highest BCUT2D eigenvalue weighted by molar-refractivity contribution is 5.43. The molecule has 1 saturated heterocycles. The van der Waals surface area contributed by atoms with Crippen LogP contribution >= 0.6 is 0 Å². The van der Waals surface area contributed by atoms with Crippen molar-refractivity contribution < 1.29 is 9.47 Å². The molecule has 2 N–H and O–H groups in total. The van der Waals surface area contributed by atoms with Gasteiger partial charge in [0, 0.05) is 45.8 Å². The molecule has 0 saturated carbocycles. The molecule has 1 aromatic carbocycles. The number of nitrogens with zero attached hydrogens (tertiary/aromatic N) is 1. The van der Waals surface area contributed by atoms with Crippen LogP contribution in [0.15, 0.2) is 18.2 Å². The van der Waals surface area contributed by atoms with Gasteiger partial charge < -0.3 is 20.1 Å². The molecule has 2 rings (SSSR count). The van der Waals surface area contributed by atoms with Crippen LogP contribution in [0.3, 0.4) is 0 Å². The normalized spacial score (nSPS) is 15.6. The third-order valence-corrected chi connectivity index (χ3v) is 3.91. The van der Waals surface area contributed by atoms with Crippen molar-refractivity contribution in [2.24, 2.45) is 0 Å². The molecule has 0 unspecified atom stereocenters. The van der Waals surface area contributed by atoms with Crippen molar-refractivity contribution in [3.8, 4) is 11.5 Å². The van der Waals surface area contributed by atoms with Crippen molar-refractivity contribution in [2.45, 2.75) is 26.8 Å². The highest BCUT2D eigenvalue weighted by atomic mass is 16.5. The van der Waals surface area contributed by atoms with E-state index in [-0.39, 0.29) is 0 Å². The number of ether oxygens (including phenoxy) is 2. The summed E-state index contributed by atoms with van der Waals surface area (Å²) in [6, 6.07) is 6.23. The Kier molecular flexibility index (Phi) is 8.21. The third-order valence-electron chi connectivity index (χ3n) is 3.91. The molecule has 0 amide bonds. The molecule has 23 heavy (non-hydrogen) atoms. The van der Waals surface area contributed by atoms with Gasteiger partial charge in [-0.1, -0.05) is 13.0 Å². The quantitative estimate of drug-likeness (QED) is 0.644. The van der Waals surface area contributed by atoms with Crippen molar-refractivity contribution in [3.63, 3.8) is 0 Å². The first-order valence-electron chi connectivity index (χ1n) is 8.85. The summed E-state index contributed by atoms with van der Waals surface area (Å²) in [7, 11) is 0. The van der Waals surface area contributed by atoms with E-state index in [0.29, 0.717) is 6.61 Å². The lowest BCUT2D eigenvalue weighted by molar-refractivity contribution is 0.241. The first-order chi connectivity index (χ1) is 11.3. The fourth-order valence-corrected chi connectivity index (χ4v) is 2.67. The summed E-state index contributed by atoms with van der Waals surface area (Å²) in [4.78, 5) is 2.50. The van der Waals surface area contributed by atoms with Gasteiger partial charge in [0.15, 0.2) is 11.5 Å². The van der Waals surface area contributed by atoms with Gasteiger partial charge in [-0.05, 0) is 31.0 Å². The van der Waals surface area contributed by atoms with Gasteiger partial charge in [0.05, 0.1) is 13.2 Å². The lowest BCUT2D eigenvalue weighted by Crippen LogP contribution is -2.45. The van der Waals surface area contributed by atoms with Gasteiger partial charge in [0.1, 0.15) is 0 Å². The van der Waals surface area contributed by atoms with Gasteiger partial charge in [-0.25, -0.2) is 0 Å². The van der Waals surface area contributed by atoms with Crippen molar-refractivity contribution in [1.29, 1.82) is 0 Å². The maximum absolute atomic E-state index is 5.74. The molecular formula is C18H31N3O2. The van der Waals surface area contributed by atoms with E-state index in [1.54, 1.807) is 0 Å². The zero-order chi connectivity index (χ0) is 16.3. The van der Waals surface area contributed by atoms with Crippen LogP contribution in [0.5, 0.6) is 11.5 Å². The van der Waals surface area contributed by atoms with Gasteiger partial charge in [-0.15, -0.1) is 0 Å². The average molecular weight is 321 g/mol. The molecule has 1 aliphatic rings. The first-order valence-corrected chi connectivity index (χ1v) is 8.85. The van der Waals surface area contributed by atoms with Crippen LogP contribution in [-0.2, 0) is 6.54 Å². The van der Waals surface area contributed by atoms with Gasteiger partial charge in [-0.2, -0.15) is 0 Å². The Morgan fingerprint density at radius 3 is 2.70 bits per heavy atom. The summed E-state index contributed by atoms with van der Waals surface area (Å²) in [6.07, 6.45) is 1.00. The minimum atomic E-state index is 0.655. The molecule has 1 heterocycles. The summed E-state index contributed by atoms with van der Waals surface area (Å²) in [5.41, 5.74) is 1.23. The number of piperazine rings is 1. The van der Waals surface area contributed by atoms with Gasteiger partial charge in [-0.3, -0.25) is 4.90 Å². The average Bonchev–Trinajstić information content (AvgIpc) is 2.59. The van der Waals surface area contributed by atoms with Gasteiger partial charge in [0.25, 0.3) is 0 Å². The molecule has 1 aromatic rings. The molecule has 0 aromatic heterocycles. The molecule has 1 fully saturated rings. The van der Waals surface area contributed by atoms with E-state index in [2.05, 4.69) is 34.6 Å². The highest BCUT2D eigenvalue weighted by Crippen LogP contribution is 2.28. The molecule has 0 radical (unpaired) electrons. The van der Waals surface area contributed by atoms with Crippen LogP contribution in [-0.4, -0.2) is 57.4 Å².